The normalized spacial score (nSPS) is 10.2. The molecule has 0 saturated heterocycles. The first-order valence-corrected chi connectivity index (χ1v) is 9.39. The van der Waals surface area contributed by atoms with E-state index in [-0.39, 0.29) is 5.91 Å². The molecule has 148 valence electrons. The Morgan fingerprint density at radius 1 is 1.00 bits per heavy atom. The van der Waals surface area contributed by atoms with Crippen molar-refractivity contribution < 1.29 is 4.79 Å². The van der Waals surface area contributed by atoms with Crippen molar-refractivity contribution in [3.63, 3.8) is 0 Å². The van der Waals surface area contributed by atoms with Crippen LogP contribution in [0.5, 0.6) is 0 Å². The smallest absolute Gasteiger partial charge is 0.251 e. The molecule has 29 heavy (non-hydrogen) atoms. The molecule has 0 unspecified atom stereocenters. The second kappa shape index (κ2) is 9.01. The first kappa shape index (κ1) is 20.1. The molecular weight excluding hydrogens is 362 g/mol. The fraction of sp³-hybridized carbons (Fsp3) is 0.174. The number of aromatic amines is 1. The summed E-state index contributed by atoms with van der Waals surface area (Å²) in [5.41, 5.74) is 6.26. The van der Waals surface area contributed by atoms with Crippen LogP contribution in [0.2, 0.25) is 0 Å². The molecule has 0 radical (unpaired) electrons. The quantitative estimate of drug-likeness (QED) is 0.610. The summed E-state index contributed by atoms with van der Waals surface area (Å²) in [5.74, 6) is 0.533. The highest BCUT2D eigenvalue weighted by Gasteiger charge is 2.08. The number of hydrogen-bond acceptors (Lipinski definition) is 4. The molecule has 3 aromatic rings. The predicted octanol–water partition coefficient (Wildman–Crippen LogP) is 4.62. The third-order valence-electron chi connectivity index (χ3n) is 4.57. The van der Waals surface area contributed by atoms with E-state index in [1.165, 1.54) is 5.56 Å². The molecule has 0 bridgehead atoms. The van der Waals surface area contributed by atoms with Gasteiger partial charge in [0.05, 0.1) is 17.6 Å². The lowest BCUT2D eigenvalue weighted by molar-refractivity contribution is 0.0962. The average Bonchev–Trinajstić information content (AvgIpc) is 2.80. The summed E-state index contributed by atoms with van der Waals surface area (Å²) in [4.78, 5) is 24.2. The standard InChI is InChI=1S/C23H25N5O/c1-15-5-7-18(8-6-15)21-14-27-17(3)22(26-12-11-25-21)28-19-9-10-20(16(2)13-19)23(29)24-4/h5-14,25H,1-4H3,(H,24,29)(H,26,28). The number of aromatic nitrogens is 3. The Labute approximate surface area is 170 Å². The monoisotopic (exact) mass is 387 g/mol. The maximum atomic E-state index is 11.9. The lowest BCUT2D eigenvalue weighted by atomic mass is 10.1. The van der Waals surface area contributed by atoms with Crippen LogP contribution < -0.4 is 10.6 Å². The largest absolute Gasteiger partial charge is 0.359 e. The Hall–Kier alpha value is -3.67. The Bertz CT molecular complexity index is 1070. The van der Waals surface area contributed by atoms with E-state index in [9.17, 15) is 4.79 Å². The Balaban J connectivity index is 1.93. The molecule has 0 atom stereocenters. The highest BCUT2D eigenvalue weighted by Crippen LogP contribution is 2.20. The van der Waals surface area contributed by atoms with E-state index >= 15 is 0 Å². The number of nitrogens with zero attached hydrogens (tertiary/aromatic N) is 2. The van der Waals surface area contributed by atoms with E-state index in [4.69, 9.17) is 0 Å². The zero-order valence-corrected chi connectivity index (χ0v) is 17.1. The van der Waals surface area contributed by atoms with Gasteiger partial charge in [-0.3, -0.25) is 9.78 Å². The van der Waals surface area contributed by atoms with Gasteiger partial charge in [0.2, 0.25) is 0 Å². The molecule has 6 nitrogen and oxygen atoms in total. The van der Waals surface area contributed by atoms with Gasteiger partial charge in [-0.2, -0.15) is 0 Å². The van der Waals surface area contributed by atoms with Gasteiger partial charge in [-0.25, -0.2) is 4.98 Å². The Morgan fingerprint density at radius 3 is 2.45 bits per heavy atom. The number of H-pyrrole nitrogens is 1. The van der Waals surface area contributed by atoms with Gasteiger partial charge in [-0.1, -0.05) is 29.8 Å². The number of hydrogen-bond donors (Lipinski definition) is 3. The highest BCUT2D eigenvalue weighted by atomic mass is 16.1. The number of nitrogens with one attached hydrogen (secondary N) is 3. The van der Waals surface area contributed by atoms with Crippen molar-refractivity contribution in [3.05, 3.63) is 83.4 Å². The summed E-state index contributed by atoms with van der Waals surface area (Å²) in [6.45, 7) is 5.87. The van der Waals surface area contributed by atoms with Crippen LogP contribution in [0.15, 0.2) is 61.1 Å². The fourth-order valence-corrected chi connectivity index (χ4v) is 2.87. The zero-order chi connectivity index (χ0) is 20.8. The van der Waals surface area contributed by atoms with Crippen LogP contribution in [-0.2, 0) is 0 Å². The molecule has 0 aliphatic carbocycles. The van der Waals surface area contributed by atoms with Gasteiger partial charge in [0, 0.05) is 30.7 Å². The van der Waals surface area contributed by atoms with E-state index in [1.807, 2.05) is 26.0 Å². The predicted molar refractivity (Wildman–Crippen MR) is 117 cm³/mol. The summed E-state index contributed by atoms with van der Waals surface area (Å²) in [5, 5.41) is 5.94. The van der Waals surface area contributed by atoms with E-state index in [2.05, 4.69) is 56.8 Å². The molecule has 3 N–H and O–H groups in total. The molecule has 2 aromatic carbocycles. The van der Waals surface area contributed by atoms with E-state index in [0.29, 0.717) is 11.4 Å². The highest BCUT2D eigenvalue weighted by molar-refractivity contribution is 5.95. The fourth-order valence-electron chi connectivity index (χ4n) is 2.87. The minimum Gasteiger partial charge on any atom is -0.359 e. The van der Waals surface area contributed by atoms with Crippen molar-refractivity contribution in [2.75, 3.05) is 12.4 Å². The topological polar surface area (TPSA) is 82.7 Å². The number of carbonyl (C=O) groups excluding carboxylic acids is 1. The summed E-state index contributed by atoms with van der Waals surface area (Å²) < 4.78 is 0. The lowest BCUT2D eigenvalue weighted by Crippen LogP contribution is -2.18. The molecule has 1 aromatic heterocycles. The summed E-state index contributed by atoms with van der Waals surface area (Å²) in [6.07, 6.45) is 5.27. The van der Waals surface area contributed by atoms with E-state index < -0.39 is 0 Å². The molecular formula is C23H25N5O. The molecule has 0 fully saturated rings. The van der Waals surface area contributed by atoms with Crippen molar-refractivity contribution in [1.82, 2.24) is 20.3 Å². The molecule has 6 heteroatoms. The molecule has 1 heterocycles. The number of aryl methyl sites for hydroxylation is 3. The number of anilines is 2. The van der Waals surface area contributed by atoms with Crippen LogP contribution in [0.25, 0.3) is 11.3 Å². The second-order valence-corrected chi connectivity index (χ2v) is 6.79. The van der Waals surface area contributed by atoms with Gasteiger partial charge in [0.1, 0.15) is 0 Å². The van der Waals surface area contributed by atoms with Crippen LogP contribution in [0.4, 0.5) is 11.5 Å². The first-order valence-electron chi connectivity index (χ1n) is 9.39. The van der Waals surface area contributed by atoms with Crippen molar-refractivity contribution in [2.24, 2.45) is 0 Å². The van der Waals surface area contributed by atoms with Crippen LogP contribution in [0.3, 0.4) is 0 Å². The maximum absolute atomic E-state index is 11.9. The van der Waals surface area contributed by atoms with Crippen molar-refractivity contribution in [2.45, 2.75) is 20.8 Å². The second-order valence-electron chi connectivity index (χ2n) is 6.79. The molecule has 0 saturated carbocycles. The third-order valence-corrected chi connectivity index (χ3v) is 4.57. The lowest BCUT2D eigenvalue weighted by Gasteiger charge is -2.09. The van der Waals surface area contributed by atoms with Gasteiger partial charge in [0.25, 0.3) is 5.91 Å². The Kier molecular flexibility index (Phi) is 6.24. The van der Waals surface area contributed by atoms with E-state index in [1.54, 1.807) is 31.7 Å². The number of benzene rings is 2. The molecule has 0 aliphatic heterocycles. The van der Waals surface area contributed by atoms with Crippen LogP contribution in [0.1, 0.15) is 27.2 Å². The minimum absolute atomic E-state index is 0.102. The summed E-state index contributed by atoms with van der Waals surface area (Å²) >= 11 is 0. The maximum Gasteiger partial charge on any atom is 0.251 e. The Morgan fingerprint density at radius 2 is 1.76 bits per heavy atom. The SMILES string of the molecule is CNC(=O)c1ccc(Nc2ncc[nH]c(-c3ccc(C)cc3)cnc2C)cc1C. The summed E-state index contributed by atoms with van der Waals surface area (Å²) in [6, 6.07) is 13.8. The van der Waals surface area contributed by atoms with Gasteiger partial charge in [-0.15, -0.1) is 0 Å². The van der Waals surface area contributed by atoms with Gasteiger partial charge in [0.15, 0.2) is 5.82 Å². The van der Waals surface area contributed by atoms with Crippen LogP contribution in [0, 0.1) is 20.8 Å². The number of rotatable bonds is 4. The summed E-state index contributed by atoms with van der Waals surface area (Å²) in [7, 11) is 1.62. The molecule has 0 aliphatic rings. The van der Waals surface area contributed by atoms with Crippen LogP contribution in [-0.4, -0.2) is 27.9 Å². The van der Waals surface area contributed by atoms with Gasteiger partial charge < -0.3 is 15.6 Å². The van der Waals surface area contributed by atoms with Gasteiger partial charge in [-0.05, 0) is 50.1 Å². The minimum atomic E-state index is -0.102. The third kappa shape index (κ3) is 4.99. The number of amides is 1. The zero-order valence-electron chi connectivity index (χ0n) is 17.1. The molecule has 3 rings (SSSR count). The van der Waals surface area contributed by atoms with E-state index in [0.717, 1.165) is 28.2 Å². The number of carbonyl (C=O) groups is 1. The van der Waals surface area contributed by atoms with Crippen molar-refractivity contribution >= 4 is 17.4 Å². The average molecular weight is 387 g/mol. The van der Waals surface area contributed by atoms with Crippen LogP contribution >= 0.6 is 0 Å². The van der Waals surface area contributed by atoms with Crippen molar-refractivity contribution in [3.8, 4) is 11.3 Å². The first-order chi connectivity index (χ1) is 14.0. The van der Waals surface area contributed by atoms with Crippen molar-refractivity contribution in [1.29, 1.82) is 0 Å². The van der Waals surface area contributed by atoms with Gasteiger partial charge >= 0.3 is 0 Å². The molecule has 0 spiro atoms. The molecule has 1 amide bonds.